The number of hydrogen-bond acceptors (Lipinski definition) is 4. The van der Waals surface area contributed by atoms with E-state index in [0.717, 1.165) is 46.5 Å². The minimum absolute atomic E-state index is 0.312. The number of fused-ring (bicyclic) bond motifs is 1. The van der Waals surface area contributed by atoms with Crippen molar-refractivity contribution in [1.29, 1.82) is 0 Å². The molecule has 1 saturated carbocycles. The highest BCUT2D eigenvalue weighted by molar-refractivity contribution is 5.80. The van der Waals surface area contributed by atoms with Crippen molar-refractivity contribution < 1.29 is 4.74 Å². The summed E-state index contributed by atoms with van der Waals surface area (Å²) in [5.41, 5.74) is 6.05. The number of aromatic amines is 1. The third-order valence-corrected chi connectivity index (χ3v) is 5.55. The molecule has 0 atom stereocenters. The minimum atomic E-state index is 0.312. The number of aryl methyl sites for hydroxylation is 1. The zero-order valence-electron chi connectivity index (χ0n) is 16.6. The highest BCUT2D eigenvalue weighted by Crippen LogP contribution is 2.26. The second-order valence-electron chi connectivity index (χ2n) is 7.80. The predicted molar refractivity (Wildman–Crippen MR) is 115 cm³/mol. The Labute approximate surface area is 170 Å². The molecule has 0 amide bonds. The van der Waals surface area contributed by atoms with Gasteiger partial charge in [0.2, 0.25) is 5.88 Å². The monoisotopic (exact) mass is 384 g/mol. The first-order chi connectivity index (χ1) is 14.2. The van der Waals surface area contributed by atoms with Gasteiger partial charge in [-0.2, -0.15) is 0 Å². The molecule has 3 aromatic heterocycles. The fourth-order valence-corrected chi connectivity index (χ4v) is 3.92. The Hall–Kier alpha value is -3.21. The average Bonchev–Trinajstić information content (AvgIpc) is 3.18. The molecule has 29 heavy (non-hydrogen) atoms. The first-order valence-corrected chi connectivity index (χ1v) is 10.3. The largest absolute Gasteiger partial charge is 0.474 e. The highest BCUT2D eigenvalue weighted by Gasteiger charge is 2.15. The van der Waals surface area contributed by atoms with Crippen LogP contribution in [0.25, 0.3) is 33.7 Å². The molecule has 5 rings (SSSR count). The molecule has 0 aliphatic heterocycles. The first-order valence-electron chi connectivity index (χ1n) is 10.3. The first kappa shape index (κ1) is 17.9. The van der Waals surface area contributed by atoms with Crippen LogP contribution in [0.3, 0.4) is 0 Å². The van der Waals surface area contributed by atoms with Crippen LogP contribution in [0, 0.1) is 6.92 Å². The van der Waals surface area contributed by atoms with Gasteiger partial charge in [0.15, 0.2) is 0 Å². The molecule has 0 saturated heterocycles. The molecule has 0 radical (unpaired) electrons. The lowest BCUT2D eigenvalue weighted by Crippen LogP contribution is -2.20. The summed E-state index contributed by atoms with van der Waals surface area (Å²) in [6.45, 7) is 2.08. The molecule has 5 heteroatoms. The lowest BCUT2D eigenvalue weighted by atomic mass is 9.98. The number of nitrogens with one attached hydrogen (secondary N) is 1. The highest BCUT2D eigenvalue weighted by atomic mass is 16.5. The number of H-pyrrole nitrogens is 1. The van der Waals surface area contributed by atoms with Gasteiger partial charge in [0.1, 0.15) is 11.9 Å². The lowest BCUT2D eigenvalue weighted by Gasteiger charge is -2.22. The molecule has 1 N–H and O–H groups in total. The van der Waals surface area contributed by atoms with Gasteiger partial charge in [-0.3, -0.25) is 4.98 Å². The standard InChI is InChI=1S/C24H24N4O/c1-16-7-10-21-22(13-16)28-24(27-21)18-8-11-20(25-15-18)17-9-12-23(26-14-17)29-19-5-3-2-4-6-19/h7-15,19H,2-6H2,1H3,(H,27,28). The summed E-state index contributed by atoms with van der Waals surface area (Å²) in [6, 6.07) is 14.2. The van der Waals surface area contributed by atoms with Gasteiger partial charge in [-0.05, 0) is 68.5 Å². The van der Waals surface area contributed by atoms with Crippen LogP contribution in [-0.2, 0) is 0 Å². The Kier molecular flexibility index (Phi) is 4.72. The Morgan fingerprint density at radius 2 is 1.72 bits per heavy atom. The zero-order chi connectivity index (χ0) is 19.6. The van der Waals surface area contributed by atoms with E-state index in [0.29, 0.717) is 12.0 Å². The third kappa shape index (κ3) is 3.86. The quantitative estimate of drug-likeness (QED) is 0.490. The number of imidazole rings is 1. The number of pyridine rings is 2. The van der Waals surface area contributed by atoms with E-state index in [1.807, 2.05) is 42.7 Å². The van der Waals surface area contributed by atoms with Crippen LogP contribution in [0.15, 0.2) is 54.9 Å². The number of nitrogens with zero attached hydrogens (tertiary/aromatic N) is 3. The van der Waals surface area contributed by atoms with E-state index in [1.54, 1.807) is 0 Å². The molecule has 0 unspecified atom stereocenters. The van der Waals surface area contributed by atoms with E-state index in [9.17, 15) is 0 Å². The Bertz CT molecular complexity index is 1110. The molecule has 0 spiro atoms. The van der Waals surface area contributed by atoms with Gasteiger partial charge in [-0.15, -0.1) is 0 Å². The summed E-state index contributed by atoms with van der Waals surface area (Å²) in [5, 5.41) is 0. The van der Waals surface area contributed by atoms with Gasteiger partial charge in [-0.1, -0.05) is 12.5 Å². The molecule has 1 fully saturated rings. The molecular formula is C24H24N4O. The van der Waals surface area contributed by atoms with Crippen LogP contribution >= 0.6 is 0 Å². The van der Waals surface area contributed by atoms with Crippen LogP contribution in [-0.4, -0.2) is 26.0 Å². The van der Waals surface area contributed by atoms with Gasteiger partial charge >= 0.3 is 0 Å². The van der Waals surface area contributed by atoms with Crippen molar-refractivity contribution >= 4 is 11.0 Å². The van der Waals surface area contributed by atoms with Crippen molar-refractivity contribution in [3.63, 3.8) is 0 Å². The molecule has 3 heterocycles. The molecule has 1 aliphatic carbocycles. The molecule has 1 aromatic carbocycles. The van der Waals surface area contributed by atoms with E-state index < -0.39 is 0 Å². The van der Waals surface area contributed by atoms with Crippen LogP contribution < -0.4 is 4.74 Å². The number of ether oxygens (including phenoxy) is 1. The minimum Gasteiger partial charge on any atom is -0.474 e. The van der Waals surface area contributed by atoms with Crippen LogP contribution in [0.2, 0.25) is 0 Å². The van der Waals surface area contributed by atoms with E-state index in [4.69, 9.17) is 4.74 Å². The van der Waals surface area contributed by atoms with Gasteiger partial charge < -0.3 is 9.72 Å². The number of rotatable bonds is 4. The molecule has 5 nitrogen and oxygen atoms in total. The van der Waals surface area contributed by atoms with E-state index in [1.165, 1.54) is 24.8 Å². The summed E-state index contributed by atoms with van der Waals surface area (Å²) in [4.78, 5) is 17.2. The molecule has 1 aliphatic rings. The van der Waals surface area contributed by atoms with Crippen LogP contribution in [0.5, 0.6) is 5.88 Å². The second-order valence-corrected chi connectivity index (χ2v) is 7.80. The van der Waals surface area contributed by atoms with Gasteiger partial charge in [0.25, 0.3) is 0 Å². The maximum Gasteiger partial charge on any atom is 0.213 e. The normalized spacial score (nSPS) is 14.9. The van der Waals surface area contributed by atoms with E-state index in [-0.39, 0.29) is 0 Å². The van der Waals surface area contributed by atoms with Crippen molar-refractivity contribution in [3.8, 4) is 28.5 Å². The number of hydrogen-bond donors (Lipinski definition) is 1. The van der Waals surface area contributed by atoms with Gasteiger partial charge in [-0.25, -0.2) is 9.97 Å². The topological polar surface area (TPSA) is 63.7 Å². The summed E-state index contributed by atoms with van der Waals surface area (Å²) in [7, 11) is 0. The van der Waals surface area contributed by atoms with Gasteiger partial charge in [0.05, 0.1) is 16.7 Å². The van der Waals surface area contributed by atoms with E-state index in [2.05, 4.69) is 39.0 Å². The Morgan fingerprint density at radius 3 is 2.48 bits per heavy atom. The smallest absolute Gasteiger partial charge is 0.213 e. The van der Waals surface area contributed by atoms with Crippen molar-refractivity contribution in [2.45, 2.75) is 45.1 Å². The fraction of sp³-hybridized carbons (Fsp3) is 0.292. The van der Waals surface area contributed by atoms with Crippen molar-refractivity contribution in [1.82, 2.24) is 19.9 Å². The van der Waals surface area contributed by atoms with Crippen molar-refractivity contribution in [2.75, 3.05) is 0 Å². The third-order valence-electron chi connectivity index (χ3n) is 5.55. The Morgan fingerprint density at radius 1 is 0.897 bits per heavy atom. The summed E-state index contributed by atoms with van der Waals surface area (Å²) in [6.07, 6.45) is 10.1. The van der Waals surface area contributed by atoms with E-state index >= 15 is 0 Å². The number of aromatic nitrogens is 4. The lowest BCUT2D eigenvalue weighted by molar-refractivity contribution is 0.148. The maximum absolute atomic E-state index is 6.02. The zero-order valence-corrected chi connectivity index (χ0v) is 16.6. The predicted octanol–water partition coefficient (Wildman–Crippen LogP) is 5.71. The second kappa shape index (κ2) is 7.66. The molecule has 146 valence electrons. The van der Waals surface area contributed by atoms with Crippen molar-refractivity contribution in [3.05, 3.63) is 60.4 Å². The average molecular weight is 384 g/mol. The SMILES string of the molecule is Cc1ccc2nc(-c3ccc(-c4ccc(OC5CCCCC5)nc4)nc3)[nH]c2c1. The number of benzene rings is 1. The summed E-state index contributed by atoms with van der Waals surface area (Å²) in [5.74, 6) is 1.54. The Balaban J connectivity index is 1.32. The summed E-state index contributed by atoms with van der Waals surface area (Å²) >= 11 is 0. The fourth-order valence-electron chi connectivity index (χ4n) is 3.92. The van der Waals surface area contributed by atoms with Crippen molar-refractivity contribution in [2.24, 2.45) is 0 Å². The summed E-state index contributed by atoms with van der Waals surface area (Å²) < 4.78 is 6.02. The molecule has 4 aromatic rings. The van der Waals surface area contributed by atoms with Crippen LogP contribution in [0.4, 0.5) is 0 Å². The van der Waals surface area contributed by atoms with Gasteiger partial charge in [0, 0.05) is 29.6 Å². The molecule has 0 bridgehead atoms. The van der Waals surface area contributed by atoms with Crippen LogP contribution in [0.1, 0.15) is 37.7 Å². The maximum atomic E-state index is 6.02. The molecular weight excluding hydrogens is 360 g/mol.